The first-order chi connectivity index (χ1) is 21.2. The highest BCUT2D eigenvalue weighted by Crippen LogP contribution is 2.34. The molecule has 0 spiro atoms. The van der Waals surface area contributed by atoms with E-state index in [4.69, 9.17) is 14.5 Å². The van der Waals surface area contributed by atoms with E-state index in [1.807, 2.05) is 52.0 Å². The number of pyridine rings is 1. The van der Waals surface area contributed by atoms with Gasteiger partial charge in [0.2, 0.25) is 0 Å². The van der Waals surface area contributed by atoms with Crippen molar-refractivity contribution in [2.75, 3.05) is 67.6 Å². The lowest BCUT2D eigenvalue weighted by atomic mass is 10.00. The van der Waals surface area contributed by atoms with Crippen LogP contribution in [0.5, 0.6) is 0 Å². The second-order valence-corrected chi connectivity index (χ2v) is 13.1. The lowest BCUT2D eigenvalue weighted by molar-refractivity contribution is -0.143. The molecular formula is C32H43F3N6O4. The van der Waals surface area contributed by atoms with Gasteiger partial charge in [-0.05, 0) is 87.4 Å². The average Bonchev–Trinajstić information content (AvgIpc) is 3.62. The number of likely N-dealkylation sites (tertiary alicyclic amines) is 1. The van der Waals surface area contributed by atoms with Crippen LogP contribution < -0.4 is 20.4 Å². The third kappa shape index (κ3) is 8.93. The Balaban J connectivity index is 1.35. The van der Waals surface area contributed by atoms with Gasteiger partial charge in [-0.25, -0.2) is 14.6 Å². The highest BCUT2D eigenvalue weighted by atomic mass is 19.4. The van der Waals surface area contributed by atoms with Crippen LogP contribution in [-0.4, -0.2) is 92.3 Å². The van der Waals surface area contributed by atoms with Crippen molar-refractivity contribution in [2.24, 2.45) is 5.92 Å². The zero-order valence-electron chi connectivity index (χ0n) is 26.4. The van der Waals surface area contributed by atoms with Crippen molar-refractivity contribution in [3.05, 3.63) is 35.9 Å². The van der Waals surface area contributed by atoms with Crippen molar-refractivity contribution < 1.29 is 32.2 Å². The van der Waals surface area contributed by atoms with E-state index in [0.29, 0.717) is 58.0 Å². The van der Waals surface area contributed by atoms with Crippen molar-refractivity contribution in [1.29, 1.82) is 0 Å². The molecule has 13 heteroatoms. The number of anilines is 3. The van der Waals surface area contributed by atoms with Gasteiger partial charge in [-0.15, -0.1) is 0 Å². The fourth-order valence-electron chi connectivity index (χ4n) is 6.06. The summed E-state index contributed by atoms with van der Waals surface area (Å²) in [6, 6.07) is 9.20. The van der Waals surface area contributed by atoms with Gasteiger partial charge in [-0.2, -0.15) is 13.2 Å². The molecule has 0 aliphatic carbocycles. The highest BCUT2D eigenvalue weighted by Gasteiger charge is 2.36. The number of benzene rings is 1. The molecule has 246 valence electrons. The smallest absolute Gasteiger partial charge is 0.407 e. The number of carbonyl (C=O) groups is 2. The molecule has 45 heavy (non-hydrogen) atoms. The largest absolute Gasteiger partial charge is 0.444 e. The van der Waals surface area contributed by atoms with Gasteiger partial charge in [0.1, 0.15) is 17.2 Å². The number of ether oxygens (including phenoxy) is 2. The van der Waals surface area contributed by atoms with Crippen molar-refractivity contribution in [3.63, 3.8) is 0 Å². The van der Waals surface area contributed by atoms with E-state index in [2.05, 4.69) is 20.4 Å². The van der Waals surface area contributed by atoms with Crippen LogP contribution >= 0.6 is 0 Å². The summed E-state index contributed by atoms with van der Waals surface area (Å²) >= 11 is 0. The molecule has 4 heterocycles. The van der Waals surface area contributed by atoms with Crippen molar-refractivity contribution in [3.8, 4) is 11.1 Å². The topological polar surface area (TPSA) is 99.3 Å². The lowest BCUT2D eigenvalue weighted by Gasteiger charge is -2.30. The lowest BCUT2D eigenvalue weighted by Crippen LogP contribution is -2.40. The Labute approximate surface area is 262 Å². The van der Waals surface area contributed by atoms with E-state index in [9.17, 15) is 22.8 Å². The summed E-state index contributed by atoms with van der Waals surface area (Å²) < 4.78 is 49.6. The first kappa shape index (κ1) is 32.6. The molecule has 3 amide bonds. The Morgan fingerprint density at radius 3 is 2.38 bits per heavy atom. The predicted octanol–water partition coefficient (Wildman–Crippen LogP) is 5.80. The minimum absolute atomic E-state index is 0.0836. The summed E-state index contributed by atoms with van der Waals surface area (Å²) in [6.45, 7) is 11.8. The van der Waals surface area contributed by atoms with Gasteiger partial charge in [0, 0.05) is 51.4 Å². The second-order valence-electron chi connectivity index (χ2n) is 13.1. The summed E-state index contributed by atoms with van der Waals surface area (Å²) in [5, 5.41) is 5.87. The molecule has 2 N–H and O–H groups in total. The van der Waals surface area contributed by atoms with Crippen LogP contribution in [0.2, 0.25) is 0 Å². The third-order valence-electron chi connectivity index (χ3n) is 8.26. The van der Waals surface area contributed by atoms with Crippen molar-refractivity contribution in [1.82, 2.24) is 15.2 Å². The molecule has 3 aliphatic heterocycles. The molecule has 10 nitrogen and oxygen atoms in total. The van der Waals surface area contributed by atoms with E-state index < -0.39 is 36.2 Å². The quantitative estimate of drug-likeness (QED) is 0.415. The molecule has 3 aliphatic rings. The number of alkyl carbamates (subject to hydrolysis) is 1. The Bertz CT molecular complexity index is 1380. The molecule has 1 aromatic carbocycles. The predicted molar refractivity (Wildman–Crippen MR) is 167 cm³/mol. The van der Waals surface area contributed by atoms with Gasteiger partial charge in [-0.1, -0.05) is 6.07 Å². The molecule has 2 aromatic rings. The maximum atomic E-state index is 13.0. The molecule has 2 atom stereocenters. The van der Waals surface area contributed by atoms with Crippen molar-refractivity contribution >= 4 is 29.4 Å². The first-order valence-electron chi connectivity index (χ1n) is 15.6. The molecule has 5 rings (SSSR count). The van der Waals surface area contributed by atoms with Gasteiger partial charge >= 0.3 is 18.3 Å². The number of halogens is 3. The monoisotopic (exact) mass is 632 g/mol. The van der Waals surface area contributed by atoms with E-state index in [1.54, 1.807) is 6.07 Å². The summed E-state index contributed by atoms with van der Waals surface area (Å²) in [7, 11) is 0. The van der Waals surface area contributed by atoms with Crippen molar-refractivity contribution in [2.45, 2.75) is 64.8 Å². The van der Waals surface area contributed by atoms with Crippen LogP contribution in [0.4, 0.5) is 40.1 Å². The van der Waals surface area contributed by atoms with E-state index in [1.165, 1.54) is 4.90 Å². The van der Waals surface area contributed by atoms with Gasteiger partial charge in [0.15, 0.2) is 0 Å². The number of aromatic nitrogens is 1. The first-order valence-corrected chi connectivity index (χ1v) is 15.6. The Hall–Kier alpha value is -3.74. The third-order valence-corrected chi connectivity index (χ3v) is 8.26. The number of alkyl halides is 3. The number of rotatable bonds is 6. The fraction of sp³-hybridized carbons (Fsp3) is 0.594. The van der Waals surface area contributed by atoms with Gasteiger partial charge in [0.05, 0.1) is 19.3 Å². The number of aryl methyl sites for hydroxylation is 1. The number of amides is 3. The maximum absolute atomic E-state index is 13.0. The van der Waals surface area contributed by atoms with Crippen LogP contribution in [0.25, 0.3) is 11.1 Å². The van der Waals surface area contributed by atoms with Crippen LogP contribution in [-0.2, 0) is 9.47 Å². The molecule has 0 saturated carbocycles. The van der Waals surface area contributed by atoms with Crippen LogP contribution in [0.3, 0.4) is 0 Å². The standard InChI is InChI=1S/C32H43F3N6O4/c1-21-5-6-24(36-29(42)41-9-7-22(19-41)18-32(33,34)35)17-26(21)23-15-27(39-11-13-44-14-12-39)38-28(16-23)40-10-8-25(20-40)37-30(43)45-31(2,3)4/h5-6,15-17,22,25H,7-14,18-20H2,1-4H3,(H,36,42)(H,37,43)/t22-,25-/m0/s1. The van der Waals surface area contributed by atoms with E-state index in [-0.39, 0.29) is 12.6 Å². The number of morpholine rings is 1. The van der Waals surface area contributed by atoms with E-state index in [0.717, 1.165) is 34.7 Å². The van der Waals surface area contributed by atoms with Crippen LogP contribution in [0, 0.1) is 12.8 Å². The SMILES string of the molecule is Cc1ccc(NC(=O)N2CC[C@@H](CC(F)(F)F)C2)cc1-c1cc(N2CCOCC2)nc(N2CC[C@H](NC(=O)OC(C)(C)C)C2)c1. The summed E-state index contributed by atoms with van der Waals surface area (Å²) in [5.41, 5.74) is 2.81. The minimum atomic E-state index is -4.24. The average molecular weight is 633 g/mol. The Morgan fingerprint density at radius 1 is 0.978 bits per heavy atom. The molecule has 0 bridgehead atoms. The number of hydrogen-bond donors (Lipinski definition) is 2. The molecule has 1 aromatic heterocycles. The zero-order valence-corrected chi connectivity index (χ0v) is 26.4. The van der Waals surface area contributed by atoms with E-state index >= 15 is 0 Å². The number of hydrogen-bond acceptors (Lipinski definition) is 7. The normalized spacial score (nSPS) is 20.8. The number of urea groups is 1. The molecule has 0 radical (unpaired) electrons. The summed E-state index contributed by atoms with van der Waals surface area (Å²) in [4.78, 5) is 36.2. The summed E-state index contributed by atoms with van der Waals surface area (Å²) in [5.74, 6) is 1.02. The molecule has 3 saturated heterocycles. The van der Waals surface area contributed by atoms with Crippen LogP contribution in [0.1, 0.15) is 45.6 Å². The summed E-state index contributed by atoms with van der Waals surface area (Å²) in [6.07, 6.45) is -4.48. The number of nitrogens with zero attached hydrogens (tertiary/aromatic N) is 4. The van der Waals surface area contributed by atoms with Gasteiger partial charge in [-0.3, -0.25) is 0 Å². The van der Waals surface area contributed by atoms with Gasteiger partial charge in [0.25, 0.3) is 0 Å². The Morgan fingerprint density at radius 2 is 1.69 bits per heavy atom. The maximum Gasteiger partial charge on any atom is 0.407 e. The zero-order chi connectivity index (χ0) is 32.4. The molecule has 0 unspecified atom stereocenters. The van der Waals surface area contributed by atoms with Gasteiger partial charge < -0.3 is 34.8 Å². The molecular weight excluding hydrogens is 589 g/mol. The number of carbonyl (C=O) groups excluding carboxylic acids is 2. The minimum Gasteiger partial charge on any atom is -0.444 e. The fourth-order valence-corrected chi connectivity index (χ4v) is 6.06. The second kappa shape index (κ2) is 13.3. The Kier molecular flexibility index (Phi) is 9.66. The number of nitrogens with one attached hydrogen (secondary N) is 2. The van der Waals surface area contributed by atoms with Crippen LogP contribution in [0.15, 0.2) is 30.3 Å². The molecule has 3 fully saturated rings. The highest BCUT2D eigenvalue weighted by molar-refractivity contribution is 5.91.